The minimum absolute atomic E-state index is 0.105. The number of nitrogens with one attached hydrogen (secondary N) is 1. The van der Waals surface area contributed by atoms with Crippen molar-refractivity contribution in [3.8, 4) is 0 Å². The topological polar surface area (TPSA) is 29.9 Å². The van der Waals surface area contributed by atoms with Crippen LogP contribution in [0.5, 0.6) is 0 Å². The summed E-state index contributed by atoms with van der Waals surface area (Å²) in [6, 6.07) is 6.98. The van der Waals surface area contributed by atoms with Crippen molar-refractivity contribution < 1.29 is 8.78 Å². The van der Waals surface area contributed by atoms with Crippen LogP contribution in [0.2, 0.25) is 0 Å². The Morgan fingerprint density at radius 1 is 1.19 bits per heavy atom. The lowest BCUT2D eigenvalue weighted by atomic mass is 9.95. The minimum atomic E-state index is -2.42. The van der Waals surface area contributed by atoms with Crippen molar-refractivity contribution in [2.24, 2.45) is 0 Å². The highest BCUT2D eigenvalue weighted by atomic mass is 19.3. The monoisotopic (exact) mass is 291 g/mol. The van der Waals surface area contributed by atoms with E-state index in [1.54, 1.807) is 0 Å². The van der Waals surface area contributed by atoms with Gasteiger partial charge in [-0.25, -0.2) is 13.5 Å². The molecule has 3 rings (SSSR count). The molecule has 1 N–H and O–H groups in total. The van der Waals surface area contributed by atoms with Crippen LogP contribution in [0.3, 0.4) is 0 Å². The summed E-state index contributed by atoms with van der Waals surface area (Å²) in [5, 5.41) is 7.52. The van der Waals surface area contributed by atoms with Crippen LogP contribution in [0.1, 0.15) is 40.9 Å². The molecule has 1 aliphatic heterocycles. The van der Waals surface area contributed by atoms with Gasteiger partial charge in [-0.05, 0) is 43.9 Å². The Morgan fingerprint density at radius 2 is 1.95 bits per heavy atom. The first-order chi connectivity index (χ1) is 9.95. The molecule has 0 spiro atoms. The second-order valence-corrected chi connectivity index (χ2v) is 5.79. The second-order valence-electron chi connectivity index (χ2n) is 5.79. The highest BCUT2D eigenvalue weighted by molar-refractivity contribution is 5.44. The van der Waals surface area contributed by atoms with Gasteiger partial charge in [0, 0.05) is 6.07 Å². The Kier molecular flexibility index (Phi) is 3.43. The van der Waals surface area contributed by atoms with E-state index in [0.29, 0.717) is 12.2 Å². The van der Waals surface area contributed by atoms with Crippen LogP contribution in [0.4, 0.5) is 14.6 Å². The molecule has 112 valence electrons. The second kappa shape index (κ2) is 5.13. The molecule has 3 nitrogen and oxygen atoms in total. The van der Waals surface area contributed by atoms with Gasteiger partial charge in [0.2, 0.25) is 0 Å². The van der Waals surface area contributed by atoms with Crippen LogP contribution >= 0.6 is 0 Å². The van der Waals surface area contributed by atoms with Gasteiger partial charge in [0.25, 0.3) is 6.43 Å². The molecule has 2 atom stereocenters. The summed E-state index contributed by atoms with van der Waals surface area (Å²) in [6.45, 7) is 5.91. The third-order valence-corrected chi connectivity index (χ3v) is 4.20. The molecule has 0 unspecified atom stereocenters. The average Bonchev–Trinajstić information content (AvgIpc) is 2.80. The molecule has 0 saturated heterocycles. The van der Waals surface area contributed by atoms with Gasteiger partial charge in [0.1, 0.15) is 11.9 Å². The predicted octanol–water partition coefficient (Wildman–Crippen LogP) is 4.17. The average molecular weight is 291 g/mol. The summed E-state index contributed by atoms with van der Waals surface area (Å²) in [5.74, 6) is 0.673. The lowest BCUT2D eigenvalue weighted by Gasteiger charge is -2.32. The Balaban J connectivity index is 1.97. The van der Waals surface area contributed by atoms with Crippen LogP contribution in [0, 0.1) is 20.8 Å². The van der Waals surface area contributed by atoms with Crippen LogP contribution in [0.15, 0.2) is 24.3 Å². The van der Waals surface area contributed by atoms with Crippen molar-refractivity contribution in [1.82, 2.24) is 9.78 Å². The van der Waals surface area contributed by atoms with E-state index in [0.717, 1.165) is 11.3 Å². The maximum atomic E-state index is 13.4. The molecule has 0 aliphatic carbocycles. The fourth-order valence-electron chi connectivity index (χ4n) is 2.87. The standard InChI is InChI=1S/C16H19F2N3/c1-9-4-5-12(6-10(9)2)13-8-14(16(17)18)21-15(19-13)7-11(3)20-21/h4-7,13-14,16,19H,8H2,1-3H3/t13-,14+/m1/s1. The fraction of sp³-hybridized carbons (Fsp3) is 0.438. The molecule has 21 heavy (non-hydrogen) atoms. The largest absolute Gasteiger partial charge is 0.363 e. The highest BCUT2D eigenvalue weighted by Crippen LogP contribution is 2.38. The van der Waals surface area contributed by atoms with Crippen LogP contribution in [-0.2, 0) is 0 Å². The van der Waals surface area contributed by atoms with Gasteiger partial charge in [-0.3, -0.25) is 0 Å². The number of fused-ring (bicyclic) bond motifs is 1. The molecule has 0 saturated carbocycles. The number of hydrogen-bond acceptors (Lipinski definition) is 2. The Labute approximate surface area is 123 Å². The summed E-state index contributed by atoms with van der Waals surface area (Å²) in [5.41, 5.74) is 4.19. The third-order valence-electron chi connectivity index (χ3n) is 4.20. The van der Waals surface area contributed by atoms with Crippen molar-refractivity contribution in [2.75, 3.05) is 5.32 Å². The number of alkyl halides is 2. The molecule has 1 aromatic heterocycles. The number of halogens is 2. The van der Waals surface area contributed by atoms with Gasteiger partial charge >= 0.3 is 0 Å². The van der Waals surface area contributed by atoms with E-state index in [2.05, 4.69) is 16.5 Å². The first-order valence-electron chi connectivity index (χ1n) is 7.13. The Hall–Kier alpha value is -1.91. The van der Waals surface area contributed by atoms with E-state index >= 15 is 0 Å². The normalized spacial score (nSPS) is 21.2. The molecule has 0 amide bonds. The first kappa shape index (κ1) is 14.0. The predicted molar refractivity (Wildman–Crippen MR) is 78.9 cm³/mol. The number of hydrogen-bond donors (Lipinski definition) is 1. The summed E-state index contributed by atoms with van der Waals surface area (Å²) >= 11 is 0. The minimum Gasteiger partial charge on any atom is -0.363 e. The number of nitrogens with zero attached hydrogens (tertiary/aromatic N) is 2. The van der Waals surface area contributed by atoms with Gasteiger partial charge in [-0.1, -0.05) is 18.2 Å². The summed E-state index contributed by atoms with van der Waals surface area (Å²) in [7, 11) is 0. The zero-order valence-electron chi connectivity index (χ0n) is 12.4. The molecular formula is C16H19F2N3. The maximum Gasteiger partial charge on any atom is 0.260 e. The van der Waals surface area contributed by atoms with Crippen LogP contribution in [-0.4, -0.2) is 16.2 Å². The number of rotatable bonds is 2. The molecule has 2 heterocycles. The number of anilines is 1. The van der Waals surface area contributed by atoms with Crippen LogP contribution in [0.25, 0.3) is 0 Å². The molecule has 1 aromatic carbocycles. The van der Waals surface area contributed by atoms with Crippen molar-refractivity contribution >= 4 is 5.82 Å². The van der Waals surface area contributed by atoms with Gasteiger partial charge in [-0.2, -0.15) is 5.10 Å². The summed E-state index contributed by atoms with van der Waals surface area (Å²) < 4.78 is 28.1. The maximum absolute atomic E-state index is 13.4. The van der Waals surface area contributed by atoms with E-state index in [1.807, 2.05) is 39.0 Å². The number of benzene rings is 1. The highest BCUT2D eigenvalue weighted by Gasteiger charge is 2.34. The van der Waals surface area contributed by atoms with E-state index in [-0.39, 0.29) is 6.04 Å². The van der Waals surface area contributed by atoms with Crippen molar-refractivity contribution in [2.45, 2.75) is 45.7 Å². The molecule has 0 bridgehead atoms. The SMILES string of the molecule is Cc1cc2n(n1)[C@H](C(F)F)C[C@H](c1ccc(C)c(C)c1)N2. The lowest BCUT2D eigenvalue weighted by Crippen LogP contribution is -2.30. The quantitative estimate of drug-likeness (QED) is 0.900. The fourth-order valence-corrected chi connectivity index (χ4v) is 2.87. The third kappa shape index (κ3) is 2.52. The van der Waals surface area contributed by atoms with E-state index in [9.17, 15) is 8.78 Å². The van der Waals surface area contributed by atoms with Crippen molar-refractivity contribution in [1.29, 1.82) is 0 Å². The Morgan fingerprint density at radius 3 is 2.62 bits per heavy atom. The smallest absolute Gasteiger partial charge is 0.260 e. The number of aryl methyl sites for hydroxylation is 3. The van der Waals surface area contributed by atoms with Gasteiger partial charge in [-0.15, -0.1) is 0 Å². The Bertz CT molecular complexity index is 664. The number of aromatic nitrogens is 2. The zero-order chi connectivity index (χ0) is 15.1. The molecule has 0 radical (unpaired) electrons. The van der Waals surface area contributed by atoms with Gasteiger partial charge in [0.15, 0.2) is 0 Å². The van der Waals surface area contributed by atoms with E-state index < -0.39 is 12.5 Å². The van der Waals surface area contributed by atoms with Crippen LogP contribution < -0.4 is 5.32 Å². The molecule has 1 aliphatic rings. The molecule has 2 aromatic rings. The van der Waals surface area contributed by atoms with E-state index in [1.165, 1.54) is 15.8 Å². The molecule has 5 heteroatoms. The molecular weight excluding hydrogens is 272 g/mol. The van der Waals surface area contributed by atoms with E-state index in [4.69, 9.17) is 0 Å². The summed E-state index contributed by atoms with van der Waals surface area (Å²) in [6.07, 6.45) is -2.08. The summed E-state index contributed by atoms with van der Waals surface area (Å²) in [4.78, 5) is 0. The van der Waals surface area contributed by atoms with Crippen molar-refractivity contribution in [3.05, 3.63) is 46.6 Å². The molecule has 0 fully saturated rings. The van der Waals surface area contributed by atoms with Crippen molar-refractivity contribution in [3.63, 3.8) is 0 Å². The lowest BCUT2D eigenvalue weighted by molar-refractivity contribution is 0.0657. The first-order valence-corrected chi connectivity index (χ1v) is 7.13. The zero-order valence-corrected chi connectivity index (χ0v) is 12.4. The van der Waals surface area contributed by atoms with Gasteiger partial charge in [0.05, 0.1) is 11.7 Å². The van der Waals surface area contributed by atoms with Gasteiger partial charge < -0.3 is 5.32 Å².